The molecule has 0 aromatic heterocycles. The zero-order chi connectivity index (χ0) is 13.8. The zero-order valence-electron chi connectivity index (χ0n) is 10.3. The Morgan fingerprint density at radius 1 is 1.21 bits per heavy atom. The molecule has 0 unspecified atom stereocenters. The Morgan fingerprint density at radius 2 is 1.95 bits per heavy atom. The number of nitriles is 1. The molecule has 0 atom stereocenters. The summed E-state index contributed by atoms with van der Waals surface area (Å²) < 4.78 is 13.6. The lowest BCUT2D eigenvalue weighted by Gasteiger charge is -2.17. The average Bonchev–Trinajstić information content (AvgIpc) is 2.46. The zero-order valence-corrected chi connectivity index (χ0v) is 10.3. The highest BCUT2D eigenvalue weighted by atomic mass is 19.1. The van der Waals surface area contributed by atoms with Crippen LogP contribution in [0.5, 0.6) is 0 Å². The molecule has 0 heterocycles. The molecule has 2 aromatic carbocycles. The summed E-state index contributed by atoms with van der Waals surface area (Å²) >= 11 is 0. The number of amides is 1. The fourth-order valence-corrected chi connectivity index (χ4v) is 1.72. The Bertz CT molecular complexity index is 661. The van der Waals surface area contributed by atoms with Crippen molar-refractivity contribution in [2.45, 2.75) is 0 Å². The van der Waals surface area contributed by atoms with Gasteiger partial charge in [0.05, 0.1) is 17.2 Å². The first-order chi connectivity index (χ1) is 9.13. The summed E-state index contributed by atoms with van der Waals surface area (Å²) in [5, 5.41) is 8.83. The number of rotatable bonds is 2. The molecule has 0 aliphatic heterocycles. The van der Waals surface area contributed by atoms with Crippen molar-refractivity contribution in [1.29, 1.82) is 5.26 Å². The average molecular weight is 254 g/mol. The fraction of sp³-hybridized carbons (Fsp3) is 0.0667. The van der Waals surface area contributed by atoms with E-state index in [1.54, 1.807) is 37.4 Å². The van der Waals surface area contributed by atoms with Gasteiger partial charge in [-0.3, -0.25) is 4.79 Å². The Hall–Kier alpha value is -2.67. The van der Waals surface area contributed by atoms with Crippen molar-refractivity contribution in [2.24, 2.45) is 0 Å². The Labute approximate surface area is 110 Å². The second-order valence-corrected chi connectivity index (χ2v) is 4.01. The SMILES string of the molecule is CN(C(=O)c1ccccc1F)c1cccc(C#N)c1. The number of carbonyl (C=O) groups excluding carboxylic acids is 1. The molecule has 0 N–H and O–H groups in total. The maximum Gasteiger partial charge on any atom is 0.260 e. The van der Waals surface area contributed by atoms with Gasteiger partial charge in [-0.25, -0.2) is 4.39 Å². The van der Waals surface area contributed by atoms with Crippen LogP contribution in [-0.2, 0) is 0 Å². The maximum atomic E-state index is 13.6. The summed E-state index contributed by atoms with van der Waals surface area (Å²) in [5.74, 6) is -1.01. The smallest absolute Gasteiger partial charge is 0.260 e. The van der Waals surface area contributed by atoms with Gasteiger partial charge in [-0.05, 0) is 30.3 Å². The van der Waals surface area contributed by atoms with E-state index in [1.165, 1.54) is 23.1 Å². The molecule has 0 fully saturated rings. The number of halogens is 1. The lowest BCUT2D eigenvalue weighted by atomic mass is 10.1. The van der Waals surface area contributed by atoms with E-state index in [9.17, 15) is 9.18 Å². The highest BCUT2D eigenvalue weighted by Crippen LogP contribution is 2.18. The van der Waals surface area contributed by atoms with Crippen LogP contribution in [0.15, 0.2) is 48.5 Å². The molecule has 0 saturated heterocycles. The minimum atomic E-state index is -0.559. The van der Waals surface area contributed by atoms with Gasteiger partial charge in [-0.15, -0.1) is 0 Å². The molecular formula is C15H11FN2O. The molecule has 2 rings (SSSR count). The van der Waals surface area contributed by atoms with Crippen molar-refractivity contribution in [3.8, 4) is 6.07 Å². The highest BCUT2D eigenvalue weighted by Gasteiger charge is 2.17. The van der Waals surface area contributed by atoms with E-state index in [0.717, 1.165) is 0 Å². The molecule has 1 amide bonds. The van der Waals surface area contributed by atoms with E-state index in [1.807, 2.05) is 6.07 Å². The molecule has 0 bridgehead atoms. The topological polar surface area (TPSA) is 44.1 Å². The van der Waals surface area contributed by atoms with Crippen molar-refractivity contribution in [3.63, 3.8) is 0 Å². The van der Waals surface area contributed by atoms with Crippen LogP contribution in [0.3, 0.4) is 0 Å². The van der Waals surface area contributed by atoms with Gasteiger partial charge in [0, 0.05) is 12.7 Å². The maximum absolute atomic E-state index is 13.6. The molecule has 0 radical (unpaired) electrons. The molecule has 0 saturated carbocycles. The predicted octanol–water partition coefficient (Wildman–Crippen LogP) is 2.97. The molecule has 0 spiro atoms. The molecule has 3 nitrogen and oxygen atoms in total. The highest BCUT2D eigenvalue weighted by molar-refractivity contribution is 6.05. The largest absolute Gasteiger partial charge is 0.311 e. The Balaban J connectivity index is 2.34. The van der Waals surface area contributed by atoms with Gasteiger partial charge < -0.3 is 4.90 Å². The minimum absolute atomic E-state index is 0.00682. The van der Waals surface area contributed by atoms with Crippen LogP contribution < -0.4 is 4.90 Å². The van der Waals surface area contributed by atoms with Crippen LogP contribution in [0.2, 0.25) is 0 Å². The van der Waals surface area contributed by atoms with E-state index in [0.29, 0.717) is 11.3 Å². The number of benzene rings is 2. The standard InChI is InChI=1S/C15H11FN2O/c1-18(12-6-4-5-11(9-12)10-17)15(19)13-7-2-3-8-14(13)16/h2-9H,1H3. The van der Waals surface area contributed by atoms with Gasteiger partial charge >= 0.3 is 0 Å². The van der Waals surface area contributed by atoms with Gasteiger partial charge in [0.1, 0.15) is 5.82 Å². The van der Waals surface area contributed by atoms with Crippen LogP contribution in [-0.4, -0.2) is 13.0 Å². The van der Waals surface area contributed by atoms with Crippen LogP contribution in [0.1, 0.15) is 15.9 Å². The van der Waals surface area contributed by atoms with Gasteiger partial charge in [-0.2, -0.15) is 5.26 Å². The van der Waals surface area contributed by atoms with Crippen molar-refractivity contribution >= 4 is 11.6 Å². The van der Waals surface area contributed by atoms with Crippen molar-refractivity contribution in [1.82, 2.24) is 0 Å². The third-order valence-electron chi connectivity index (χ3n) is 2.77. The van der Waals surface area contributed by atoms with E-state index >= 15 is 0 Å². The normalized spacial score (nSPS) is 9.74. The van der Waals surface area contributed by atoms with E-state index < -0.39 is 11.7 Å². The summed E-state index contributed by atoms with van der Waals surface area (Å²) in [5.41, 5.74) is 1.00. The summed E-state index contributed by atoms with van der Waals surface area (Å²) in [6.07, 6.45) is 0. The van der Waals surface area contributed by atoms with Gasteiger partial charge in [0.2, 0.25) is 0 Å². The molecule has 0 aliphatic carbocycles. The second kappa shape index (κ2) is 5.32. The quantitative estimate of drug-likeness (QED) is 0.827. The van der Waals surface area contributed by atoms with E-state index in [-0.39, 0.29) is 5.56 Å². The van der Waals surface area contributed by atoms with Crippen molar-refractivity contribution in [2.75, 3.05) is 11.9 Å². The van der Waals surface area contributed by atoms with Crippen molar-refractivity contribution < 1.29 is 9.18 Å². The molecule has 19 heavy (non-hydrogen) atoms. The molecule has 2 aromatic rings. The number of anilines is 1. The van der Waals surface area contributed by atoms with Crippen LogP contribution >= 0.6 is 0 Å². The van der Waals surface area contributed by atoms with Gasteiger partial charge in [-0.1, -0.05) is 18.2 Å². The lowest BCUT2D eigenvalue weighted by Crippen LogP contribution is -2.27. The number of carbonyl (C=O) groups is 1. The first-order valence-electron chi connectivity index (χ1n) is 5.66. The number of hydrogen-bond acceptors (Lipinski definition) is 2. The Kier molecular flexibility index (Phi) is 3.58. The molecule has 0 aliphatic rings. The second-order valence-electron chi connectivity index (χ2n) is 4.01. The van der Waals surface area contributed by atoms with Gasteiger partial charge in [0.15, 0.2) is 0 Å². The van der Waals surface area contributed by atoms with E-state index in [4.69, 9.17) is 5.26 Å². The summed E-state index contributed by atoms with van der Waals surface area (Å²) in [4.78, 5) is 13.5. The van der Waals surface area contributed by atoms with Crippen LogP contribution in [0, 0.1) is 17.1 Å². The van der Waals surface area contributed by atoms with E-state index in [2.05, 4.69) is 0 Å². The monoisotopic (exact) mass is 254 g/mol. The van der Waals surface area contributed by atoms with Crippen molar-refractivity contribution in [3.05, 3.63) is 65.5 Å². The number of hydrogen-bond donors (Lipinski definition) is 0. The minimum Gasteiger partial charge on any atom is -0.311 e. The molecular weight excluding hydrogens is 243 g/mol. The first-order valence-corrected chi connectivity index (χ1v) is 5.66. The summed E-state index contributed by atoms with van der Waals surface area (Å²) in [7, 11) is 1.55. The number of nitrogens with zero attached hydrogens (tertiary/aromatic N) is 2. The molecule has 94 valence electrons. The first kappa shape index (κ1) is 12.8. The van der Waals surface area contributed by atoms with Gasteiger partial charge in [0.25, 0.3) is 5.91 Å². The van der Waals surface area contributed by atoms with Crippen LogP contribution in [0.4, 0.5) is 10.1 Å². The lowest BCUT2D eigenvalue weighted by molar-refractivity contribution is 0.0989. The Morgan fingerprint density at radius 3 is 2.63 bits per heavy atom. The fourth-order valence-electron chi connectivity index (χ4n) is 1.72. The summed E-state index contributed by atoms with van der Waals surface area (Å²) in [6.45, 7) is 0. The van der Waals surface area contributed by atoms with Crippen LogP contribution in [0.25, 0.3) is 0 Å². The third kappa shape index (κ3) is 2.61. The third-order valence-corrected chi connectivity index (χ3v) is 2.77. The molecule has 4 heteroatoms. The summed E-state index contributed by atoms with van der Waals surface area (Å²) in [6, 6.07) is 14.4. The predicted molar refractivity (Wildman–Crippen MR) is 70.3 cm³/mol.